The van der Waals surface area contributed by atoms with Gasteiger partial charge in [-0.3, -0.25) is 0 Å². The molecule has 0 radical (unpaired) electrons. The molecule has 0 bridgehead atoms. The van der Waals surface area contributed by atoms with Crippen molar-refractivity contribution in [2.45, 2.75) is 0 Å². The van der Waals surface area contributed by atoms with Crippen molar-refractivity contribution < 1.29 is 4.42 Å². The molecular weight excluding hydrogens is 837 g/mol. The van der Waals surface area contributed by atoms with Crippen LogP contribution in [0, 0.1) is 0 Å². The molecule has 0 atom stereocenters. The Morgan fingerprint density at radius 3 is 1.48 bits per heavy atom. The van der Waals surface area contributed by atoms with Gasteiger partial charge in [-0.2, -0.15) is 0 Å². The van der Waals surface area contributed by atoms with Crippen LogP contribution in [0.1, 0.15) is 0 Å². The van der Waals surface area contributed by atoms with Gasteiger partial charge in [-0.1, -0.05) is 200 Å². The molecule has 0 unspecified atom stereocenters. The van der Waals surface area contributed by atoms with Gasteiger partial charge in [0, 0.05) is 44.2 Å². The van der Waals surface area contributed by atoms with Gasteiger partial charge in [0.25, 0.3) is 0 Å². The first-order chi connectivity index (χ1) is 34.2. The molecule has 0 aliphatic heterocycles. The minimum absolute atomic E-state index is 0.885. The van der Waals surface area contributed by atoms with Gasteiger partial charge < -0.3 is 13.9 Å². The smallest absolute Gasteiger partial charge is 0.136 e. The summed E-state index contributed by atoms with van der Waals surface area (Å²) in [7, 11) is 0. The number of anilines is 3. The summed E-state index contributed by atoms with van der Waals surface area (Å²) >= 11 is 0. The van der Waals surface area contributed by atoms with E-state index in [0.29, 0.717) is 0 Å². The summed E-state index contributed by atoms with van der Waals surface area (Å²) in [6, 6.07) is 96.1. The molecule has 13 aromatic rings. The zero-order valence-electron chi connectivity index (χ0n) is 37.7. The van der Waals surface area contributed by atoms with Crippen LogP contribution in [0.5, 0.6) is 0 Å². The molecule has 11 aromatic carbocycles. The van der Waals surface area contributed by atoms with Crippen LogP contribution in [-0.2, 0) is 0 Å². The summed E-state index contributed by atoms with van der Waals surface area (Å²) in [4.78, 5) is 2.41. The summed E-state index contributed by atoms with van der Waals surface area (Å²) in [6.07, 6.45) is 0. The predicted molar refractivity (Wildman–Crippen MR) is 290 cm³/mol. The molecule has 2 heterocycles. The highest BCUT2D eigenvalue weighted by Gasteiger charge is 2.21. The molecule has 0 saturated carbocycles. The highest BCUT2D eigenvalue weighted by Crippen LogP contribution is 2.46. The number of fused-ring (bicyclic) bond motifs is 6. The van der Waals surface area contributed by atoms with Crippen molar-refractivity contribution in [2.75, 3.05) is 4.90 Å². The Morgan fingerprint density at radius 1 is 0.290 bits per heavy atom. The van der Waals surface area contributed by atoms with Crippen LogP contribution in [0.25, 0.3) is 105 Å². The molecule has 0 amide bonds. The number of hydrogen-bond donors (Lipinski definition) is 0. The maximum Gasteiger partial charge on any atom is 0.136 e. The van der Waals surface area contributed by atoms with Crippen LogP contribution in [-0.4, -0.2) is 4.57 Å². The maximum absolute atomic E-state index is 6.35. The molecular formula is C66H44N2O. The van der Waals surface area contributed by atoms with Crippen molar-refractivity contribution in [3.05, 3.63) is 267 Å². The summed E-state index contributed by atoms with van der Waals surface area (Å²) in [6.45, 7) is 0. The maximum atomic E-state index is 6.35. The Balaban J connectivity index is 0.873. The van der Waals surface area contributed by atoms with Crippen molar-refractivity contribution in [3.8, 4) is 61.3 Å². The van der Waals surface area contributed by atoms with Crippen molar-refractivity contribution in [1.82, 2.24) is 4.57 Å². The number of rotatable bonds is 9. The lowest BCUT2D eigenvalue weighted by Gasteiger charge is -2.29. The van der Waals surface area contributed by atoms with E-state index in [2.05, 4.69) is 264 Å². The van der Waals surface area contributed by atoms with Crippen LogP contribution in [0.2, 0.25) is 0 Å². The van der Waals surface area contributed by atoms with Crippen molar-refractivity contribution in [2.24, 2.45) is 0 Å². The summed E-state index contributed by atoms with van der Waals surface area (Å²) in [5.41, 5.74) is 20.2. The lowest BCUT2D eigenvalue weighted by Crippen LogP contribution is -2.11. The average molecular weight is 881 g/mol. The number of nitrogens with zero attached hydrogens (tertiary/aromatic N) is 2. The van der Waals surface area contributed by atoms with Gasteiger partial charge in [0.1, 0.15) is 11.2 Å². The Labute approximate surface area is 401 Å². The molecule has 0 spiro atoms. The van der Waals surface area contributed by atoms with E-state index in [4.69, 9.17) is 4.42 Å². The fraction of sp³-hybridized carbons (Fsp3) is 0. The first-order valence-corrected chi connectivity index (χ1v) is 23.6. The van der Waals surface area contributed by atoms with E-state index >= 15 is 0 Å². The molecule has 0 aliphatic rings. The van der Waals surface area contributed by atoms with Gasteiger partial charge in [0.15, 0.2) is 0 Å². The quantitative estimate of drug-likeness (QED) is 0.144. The average Bonchev–Trinajstić information content (AvgIpc) is 3.98. The third-order valence-electron chi connectivity index (χ3n) is 13.6. The minimum atomic E-state index is 0.885. The van der Waals surface area contributed by atoms with Crippen LogP contribution >= 0.6 is 0 Å². The lowest BCUT2D eigenvalue weighted by molar-refractivity contribution is 0.669. The summed E-state index contributed by atoms with van der Waals surface area (Å²) in [5.74, 6) is 0. The molecule has 2 aromatic heterocycles. The second-order valence-corrected chi connectivity index (χ2v) is 17.6. The lowest BCUT2D eigenvalue weighted by atomic mass is 9.93. The summed E-state index contributed by atoms with van der Waals surface area (Å²) in [5, 5.41) is 4.78. The minimum Gasteiger partial charge on any atom is -0.456 e. The number of benzene rings is 11. The number of para-hydroxylation sites is 4. The fourth-order valence-corrected chi connectivity index (χ4v) is 10.4. The predicted octanol–water partition coefficient (Wildman–Crippen LogP) is 18.5. The van der Waals surface area contributed by atoms with Gasteiger partial charge in [-0.05, 0) is 117 Å². The standard InChI is InChI=1S/C66H44N2O/c1-2-16-49(17-3-1)54-20-4-5-21-56(54)57-22-6-10-27-61(57)67(53-19-14-18-50(44-53)55-26-15-31-65-66(55)60-25-9-13-30-64(60)69-65)51-40-36-47(37-41-51)45-32-34-46(35-33-45)48-38-42-52(43-39-48)68-62-28-11-7-23-58(62)59-24-8-12-29-63(59)68/h1-44H. The van der Waals surface area contributed by atoms with Crippen LogP contribution in [0.3, 0.4) is 0 Å². The largest absolute Gasteiger partial charge is 0.456 e. The highest BCUT2D eigenvalue weighted by atomic mass is 16.3. The molecule has 0 aliphatic carbocycles. The van der Waals surface area contributed by atoms with Crippen LogP contribution in [0.4, 0.5) is 17.1 Å². The molecule has 324 valence electrons. The molecule has 13 rings (SSSR count). The third kappa shape index (κ3) is 7.08. The molecule has 0 saturated heterocycles. The van der Waals surface area contributed by atoms with Crippen LogP contribution < -0.4 is 4.90 Å². The van der Waals surface area contributed by atoms with Crippen molar-refractivity contribution in [3.63, 3.8) is 0 Å². The Morgan fingerprint density at radius 2 is 0.783 bits per heavy atom. The van der Waals surface area contributed by atoms with Gasteiger partial charge in [0.2, 0.25) is 0 Å². The topological polar surface area (TPSA) is 21.3 Å². The number of furan rings is 1. The second kappa shape index (κ2) is 16.9. The monoisotopic (exact) mass is 880 g/mol. The molecule has 3 heteroatoms. The van der Waals surface area contributed by atoms with E-state index in [1.165, 1.54) is 55.2 Å². The summed E-state index contributed by atoms with van der Waals surface area (Å²) < 4.78 is 8.71. The van der Waals surface area contributed by atoms with Crippen LogP contribution in [0.15, 0.2) is 271 Å². The molecule has 69 heavy (non-hydrogen) atoms. The Kier molecular flexibility index (Phi) is 9.84. The van der Waals surface area contributed by atoms with Crippen molar-refractivity contribution in [1.29, 1.82) is 0 Å². The Bertz CT molecular complexity index is 3940. The normalized spacial score (nSPS) is 11.5. The van der Waals surface area contributed by atoms with E-state index < -0.39 is 0 Å². The first-order valence-electron chi connectivity index (χ1n) is 23.6. The molecule has 3 nitrogen and oxygen atoms in total. The number of aromatic nitrogens is 1. The second-order valence-electron chi connectivity index (χ2n) is 17.6. The van der Waals surface area contributed by atoms with Gasteiger partial charge in [-0.15, -0.1) is 0 Å². The Hall–Kier alpha value is -9.18. The fourth-order valence-electron chi connectivity index (χ4n) is 10.4. The zero-order chi connectivity index (χ0) is 45.7. The van der Waals surface area contributed by atoms with Gasteiger partial charge in [0.05, 0.1) is 16.7 Å². The highest BCUT2D eigenvalue weighted by molar-refractivity contribution is 6.13. The molecule has 0 fully saturated rings. The van der Waals surface area contributed by atoms with Gasteiger partial charge >= 0.3 is 0 Å². The SMILES string of the molecule is c1ccc(-c2ccccc2-c2ccccc2N(c2ccc(-c3ccc(-c4ccc(-n5c6ccccc6c6ccccc65)cc4)cc3)cc2)c2cccc(-c3cccc4oc5ccccc5c34)c2)cc1. The van der Waals surface area contributed by atoms with E-state index in [-0.39, 0.29) is 0 Å². The zero-order valence-corrected chi connectivity index (χ0v) is 37.7. The first kappa shape index (κ1) is 40.1. The van der Waals surface area contributed by atoms with Gasteiger partial charge in [-0.25, -0.2) is 0 Å². The van der Waals surface area contributed by atoms with Crippen molar-refractivity contribution >= 4 is 60.8 Å². The van der Waals surface area contributed by atoms with E-state index in [1.54, 1.807) is 0 Å². The number of hydrogen-bond acceptors (Lipinski definition) is 2. The van der Waals surface area contributed by atoms with E-state index in [0.717, 1.165) is 66.9 Å². The molecule has 0 N–H and O–H groups in total. The van der Waals surface area contributed by atoms with E-state index in [1.807, 2.05) is 12.1 Å². The third-order valence-corrected chi connectivity index (χ3v) is 13.6. The van der Waals surface area contributed by atoms with E-state index in [9.17, 15) is 0 Å².